The first-order valence-electron chi connectivity index (χ1n) is 11.1. The zero-order valence-electron chi connectivity index (χ0n) is 19.3. The molecule has 1 atom stereocenters. The summed E-state index contributed by atoms with van der Waals surface area (Å²) in [5.41, 5.74) is 11.5. The van der Waals surface area contributed by atoms with Gasteiger partial charge in [-0.1, -0.05) is 48.2 Å². The lowest BCUT2D eigenvalue weighted by Crippen LogP contribution is -2.29. The Morgan fingerprint density at radius 2 is 1.89 bits per heavy atom. The minimum Gasteiger partial charge on any atom is -0.382 e. The molecule has 0 bridgehead atoms. The fourth-order valence-corrected chi connectivity index (χ4v) is 4.09. The molecule has 35 heavy (non-hydrogen) atoms. The summed E-state index contributed by atoms with van der Waals surface area (Å²) in [6.45, 7) is 1.92. The van der Waals surface area contributed by atoms with Crippen LogP contribution in [0.2, 0.25) is 0 Å². The van der Waals surface area contributed by atoms with Crippen LogP contribution in [-0.4, -0.2) is 30.6 Å². The molecule has 0 aliphatic heterocycles. The van der Waals surface area contributed by atoms with Crippen molar-refractivity contribution in [3.8, 4) is 23.0 Å². The fraction of sp³-hybridized carbons (Fsp3) is 0.111. The summed E-state index contributed by atoms with van der Waals surface area (Å²) < 4.78 is 1.72. The minimum absolute atomic E-state index is 0.0880. The summed E-state index contributed by atoms with van der Waals surface area (Å²) in [7, 11) is 1.86. The van der Waals surface area contributed by atoms with Crippen molar-refractivity contribution < 1.29 is 4.79 Å². The average molecular weight is 462 g/mol. The van der Waals surface area contributed by atoms with E-state index in [2.05, 4.69) is 37.2 Å². The van der Waals surface area contributed by atoms with Gasteiger partial charge in [-0.2, -0.15) is 5.10 Å². The highest BCUT2D eigenvalue weighted by molar-refractivity contribution is 6.02. The Morgan fingerprint density at radius 1 is 1.09 bits per heavy atom. The molecule has 5 rings (SSSR count). The van der Waals surface area contributed by atoms with Gasteiger partial charge in [-0.25, -0.2) is 9.97 Å². The summed E-state index contributed by atoms with van der Waals surface area (Å²) in [5, 5.41) is 8.19. The number of carbonyl (C=O) groups excluding carboxylic acids is 1. The third-order valence-electron chi connectivity index (χ3n) is 5.68. The molecule has 4 N–H and O–H groups in total. The van der Waals surface area contributed by atoms with Crippen LogP contribution in [-0.2, 0) is 7.05 Å². The van der Waals surface area contributed by atoms with Crippen molar-refractivity contribution in [1.29, 1.82) is 0 Å². The van der Waals surface area contributed by atoms with Gasteiger partial charge in [-0.15, -0.1) is 0 Å². The molecular formula is C27H23N7O. The molecule has 172 valence electrons. The van der Waals surface area contributed by atoms with Crippen molar-refractivity contribution in [1.82, 2.24) is 30.0 Å². The number of fused-ring (bicyclic) bond motifs is 1. The molecule has 3 aromatic heterocycles. The van der Waals surface area contributed by atoms with Gasteiger partial charge in [0.15, 0.2) is 11.5 Å². The summed E-state index contributed by atoms with van der Waals surface area (Å²) in [6, 6.07) is 15.7. The van der Waals surface area contributed by atoms with E-state index in [1.807, 2.05) is 68.7 Å². The third kappa shape index (κ3) is 4.35. The Kier molecular flexibility index (Phi) is 5.73. The number of benzene rings is 2. The van der Waals surface area contributed by atoms with Gasteiger partial charge >= 0.3 is 0 Å². The number of aromatic amines is 1. The topological polar surface area (TPSA) is 115 Å². The van der Waals surface area contributed by atoms with E-state index in [9.17, 15) is 4.79 Å². The summed E-state index contributed by atoms with van der Waals surface area (Å²) in [6.07, 6.45) is 6.52. The number of nitrogen functional groups attached to an aromatic ring is 1. The van der Waals surface area contributed by atoms with E-state index >= 15 is 0 Å². The van der Waals surface area contributed by atoms with E-state index in [1.165, 1.54) is 12.4 Å². The summed E-state index contributed by atoms with van der Waals surface area (Å²) in [5.74, 6) is 6.21. The van der Waals surface area contributed by atoms with Gasteiger partial charge < -0.3 is 16.0 Å². The number of H-pyrrole nitrogens is 1. The maximum absolute atomic E-state index is 12.9. The number of amides is 1. The molecule has 0 aliphatic carbocycles. The van der Waals surface area contributed by atoms with Gasteiger partial charge in [0.1, 0.15) is 0 Å². The molecule has 0 saturated heterocycles. The highest BCUT2D eigenvalue weighted by atomic mass is 16.2. The van der Waals surface area contributed by atoms with Crippen LogP contribution in [0.1, 0.15) is 40.3 Å². The zero-order chi connectivity index (χ0) is 24.4. The van der Waals surface area contributed by atoms with E-state index in [1.54, 1.807) is 10.9 Å². The Bertz CT molecular complexity index is 1590. The van der Waals surface area contributed by atoms with Crippen LogP contribution in [0.15, 0.2) is 73.3 Å². The lowest BCUT2D eigenvalue weighted by Gasteiger charge is -2.16. The highest BCUT2D eigenvalue weighted by Crippen LogP contribution is 2.37. The fourth-order valence-electron chi connectivity index (χ4n) is 4.09. The molecule has 0 aliphatic rings. The number of carbonyl (C=O) groups is 1. The van der Waals surface area contributed by atoms with Crippen LogP contribution < -0.4 is 11.1 Å². The molecule has 0 spiro atoms. The molecule has 2 aromatic carbocycles. The van der Waals surface area contributed by atoms with Gasteiger partial charge in [0.2, 0.25) is 0 Å². The molecule has 0 fully saturated rings. The number of aromatic nitrogens is 5. The van der Waals surface area contributed by atoms with Crippen molar-refractivity contribution in [2.75, 3.05) is 5.73 Å². The largest absolute Gasteiger partial charge is 0.382 e. The molecule has 0 saturated carbocycles. The van der Waals surface area contributed by atoms with Crippen molar-refractivity contribution in [2.24, 2.45) is 7.05 Å². The molecule has 1 unspecified atom stereocenters. The maximum atomic E-state index is 12.9. The van der Waals surface area contributed by atoms with Crippen LogP contribution >= 0.6 is 0 Å². The van der Waals surface area contributed by atoms with E-state index in [0.717, 1.165) is 38.9 Å². The number of aryl methyl sites for hydroxylation is 1. The van der Waals surface area contributed by atoms with Crippen LogP contribution in [0, 0.1) is 11.8 Å². The number of nitrogens with two attached hydrogens (primary N) is 1. The Hall–Kier alpha value is -4.90. The number of hydrogen-bond acceptors (Lipinski definition) is 5. The third-order valence-corrected chi connectivity index (χ3v) is 5.68. The number of nitrogens with one attached hydrogen (secondary N) is 2. The normalized spacial score (nSPS) is 11.6. The smallest absolute Gasteiger partial charge is 0.274 e. The highest BCUT2D eigenvalue weighted by Gasteiger charge is 2.23. The molecule has 8 nitrogen and oxygen atoms in total. The predicted molar refractivity (Wildman–Crippen MR) is 135 cm³/mol. The second kappa shape index (κ2) is 9.15. The first-order valence-corrected chi connectivity index (χ1v) is 11.1. The molecule has 1 amide bonds. The van der Waals surface area contributed by atoms with Gasteiger partial charge in [0.05, 0.1) is 17.8 Å². The first-order chi connectivity index (χ1) is 17.0. The Balaban J connectivity index is 1.62. The molecule has 8 heteroatoms. The quantitative estimate of drug-likeness (QED) is 0.352. The zero-order valence-corrected chi connectivity index (χ0v) is 19.3. The first kappa shape index (κ1) is 21.9. The molecule has 0 radical (unpaired) electrons. The number of hydrogen-bond donors (Lipinski definition) is 3. The summed E-state index contributed by atoms with van der Waals surface area (Å²) >= 11 is 0. The number of rotatable bonds is 4. The molecule has 5 aromatic rings. The van der Waals surface area contributed by atoms with Crippen molar-refractivity contribution in [3.63, 3.8) is 0 Å². The van der Waals surface area contributed by atoms with E-state index in [-0.39, 0.29) is 17.6 Å². The van der Waals surface area contributed by atoms with Crippen molar-refractivity contribution in [3.05, 3.63) is 95.8 Å². The van der Waals surface area contributed by atoms with Gasteiger partial charge in [-0.05, 0) is 24.6 Å². The maximum Gasteiger partial charge on any atom is 0.274 e. The van der Waals surface area contributed by atoms with Crippen LogP contribution in [0.3, 0.4) is 0 Å². The second-order valence-corrected chi connectivity index (χ2v) is 8.15. The van der Waals surface area contributed by atoms with Crippen molar-refractivity contribution >= 4 is 22.6 Å². The lowest BCUT2D eigenvalue weighted by molar-refractivity contribution is 0.0935. The van der Waals surface area contributed by atoms with Crippen LogP contribution in [0.4, 0.5) is 5.82 Å². The summed E-state index contributed by atoms with van der Waals surface area (Å²) in [4.78, 5) is 24.5. The number of nitrogens with zero attached hydrogens (tertiary/aromatic N) is 4. The van der Waals surface area contributed by atoms with E-state index < -0.39 is 5.91 Å². The van der Waals surface area contributed by atoms with E-state index in [0.29, 0.717) is 0 Å². The van der Waals surface area contributed by atoms with E-state index in [4.69, 9.17) is 5.73 Å². The SMILES string of the molecule is CC(NC(=O)c1nccnc1N)c1[nH]c2cccc(C#Cc3cnn(C)c3)c2c1-c1ccccc1. The molecule has 3 heterocycles. The van der Waals surface area contributed by atoms with Crippen LogP contribution in [0.5, 0.6) is 0 Å². The van der Waals surface area contributed by atoms with Crippen LogP contribution in [0.25, 0.3) is 22.0 Å². The minimum atomic E-state index is -0.391. The predicted octanol–water partition coefficient (Wildman–Crippen LogP) is 3.83. The Labute approximate surface area is 202 Å². The monoisotopic (exact) mass is 461 g/mol. The van der Waals surface area contributed by atoms with Gasteiger partial charge in [-0.3, -0.25) is 9.48 Å². The number of anilines is 1. The second-order valence-electron chi connectivity index (χ2n) is 8.15. The lowest BCUT2D eigenvalue weighted by atomic mass is 9.96. The van der Waals surface area contributed by atoms with Gasteiger partial charge in [0, 0.05) is 53.4 Å². The standard InChI is InChI=1S/C27H23N7O/c1-17(32-27(35)25-26(28)30-14-13-29-25)24-23(19-7-4-3-5-8-19)22-20(9-6-10-21(22)33-24)12-11-18-15-31-34(2)16-18/h3-10,13-17,33H,1-2H3,(H2,28,30)(H,32,35). The molecular weight excluding hydrogens is 438 g/mol. The van der Waals surface area contributed by atoms with Crippen molar-refractivity contribution in [2.45, 2.75) is 13.0 Å². The average Bonchev–Trinajstić information content (AvgIpc) is 3.47. The Morgan fingerprint density at radius 3 is 2.63 bits per heavy atom. The van der Waals surface area contributed by atoms with Gasteiger partial charge in [0.25, 0.3) is 5.91 Å².